The topological polar surface area (TPSA) is 46.9 Å². The summed E-state index contributed by atoms with van der Waals surface area (Å²) in [5, 5.41) is 7.01. The van der Waals surface area contributed by atoms with Crippen LogP contribution in [0.15, 0.2) is 42.6 Å². The largest absolute Gasteiger partial charge is 0.349 e. The van der Waals surface area contributed by atoms with Crippen molar-refractivity contribution in [2.45, 2.75) is 19.5 Å². The molecule has 1 N–H and O–H groups in total. The van der Waals surface area contributed by atoms with Crippen LogP contribution in [-0.2, 0) is 24.3 Å². The second-order valence-corrected chi connectivity index (χ2v) is 4.46. The van der Waals surface area contributed by atoms with Gasteiger partial charge in [0.05, 0.1) is 12.2 Å². The summed E-state index contributed by atoms with van der Waals surface area (Å²) in [6, 6.07) is 12.2. The first-order chi connectivity index (χ1) is 9.29. The number of carbonyl (C=O) groups excluding carboxylic acids is 1. The van der Waals surface area contributed by atoms with Crippen molar-refractivity contribution in [3.63, 3.8) is 0 Å². The van der Waals surface area contributed by atoms with E-state index in [0.29, 0.717) is 6.54 Å². The fourth-order valence-corrected chi connectivity index (χ4v) is 1.92. The van der Waals surface area contributed by atoms with E-state index < -0.39 is 0 Å². The van der Waals surface area contributed by atoms with Crippen LogP contribution in [0.25, 0.3) is 0 Å². The van der Waals surface area contributed by atoms with Gasteiger partial charge in [0.1, 0.15) is 5.88 Å². The van der Waals surface area contributed by atoms with Gasteiger partial charge in [-0.3, -0.25) is 9.48 Å². The number of rotatable bonds is 6. The lowest BCUT2D eigenvalue weighted by molar-refractivity contribution is -0.118. The van der Waals surface area contributed by atoms with Gasteiger partial charge in [0.25, 0.3) is 0 Å². The number of alkyl halides is 1. The Kier molecular flexibility index (Phi) is 4.98. The Hall–Kier alpha value is -1.81. The summed E-state index contributed by atoms with van der Waals surface area (Å²) in [6.45, 7) is 1.25. The summed E-state index contributed by atoms with van der Waals surface area (Å²) in [5.74, 6) is -0.185. The molecule has 0 aliphatic heterocycles. The third-order valence-electron chi connectivity index (χ3n) is 2.85. The summed E-state index contributed by atoms with van der Waals surface area (Å²) < 4.78 is 1.90. The normalized spacial score (nSPS) is 10.4. The molecular weight excluding hydrogens is 262 g/mol. The second-order valence-electron chi connectivity index (χ2n) is 4.19. The zero-order chi connectivity index (χ0) is 13.5. The molecule has 2 rings (SSSR count). The van der Waals surface area contributed by atoms with Crippen LogP contribution < -0.4 is 5.32 Å². The number of nitrogens with one attached hydrogen (secondary N) is 1. The number of benzene rings is 1. The highest BCUT2D eigenvalue weighted by Gasteiger charge is 2.04. The number of hydrogen-bond acceptors (Lipinski definition) is 2. The van der Waals surface area contributed by atoms with Gasteiger partial charge in [-0.25, -0.2) is 0 Å². The predicted octanol–water partition coefficient (Wildman–Crippen LogP) is 1.98. The number of aryl methyl sites for hydroxylation is 2. The number of halogens is 1. The van der Waals surface area contributed by atoms with E-state index in [1.54, 1.807) is 6.20 Å². The van der Waals surface area contributed by atoms with Crippen LogP contribution >= 0.6 is 11.6 Å². The molecular formula is C14H16ClN3O. The summed E-state index contributed by atoms with van der Waals surface area (Å²) in [4.78, 5) is 11.1. The summed E-state index contributed by atoms with van der Waals surface area (Å²) in [6.07, 6.45) is 2.66. The molecule has 4 nitrogen and oxygen atoms in total. The molecule has 0 saturated carbocycles. The third-order valence-corrected chi connectivity index (χ3v) is 3.09. The van der Waals surface area contributed by atoms with Crippen molar-refractivity contribution in [2.24, 2.45) is 0 Å². The predicted molar refractivity (Wildman–Crippen MR) is 74.9 cm³/mol. The molecule has 0 aliphatic carbocycles. The number of carbonyl (C=O) groups is 1. The highest BCUT2D eigenvalue weighted by atomic mass is 35.5. The Morgan fingerprint density at radius 1 is 1.26 bits per heavy atom. The highest BCUT2D eigenvalue weighted by molar-refractivity contribution is 6.27. The Balaban J connectivity index is 1.90. The molecule has 1 heterocycles. The minimum atomic E-state index is -0.169. The maximum atomic E-state index is 11.1. The van der Waals surface area contributed by atoms with E-state index in [-0.39, 0.29) is 11.8 Å². The lowest BCUT2D eigenvalue weighted by Crippen LogP contribution is -2.25. The molecule has 0 spiro atoms. The standard InChI is InChI=1S/C14H16ClN3O/c15-10-14(19)16-11-13-6-8-17-18(13)9-7-12-4-2-1-3-5-12/h1-6,8H,7,9-11H2,(H,16,19). The Morgan fingerprint density at radius 2 is 2.05 bits per heavy atom. The van der Waals surface area contributed by atoms with Crippen LogP contribution in [0.2, 0.25) is 0 Å². The van der Waals surface area contributed by atoms with Crippen molar-refractivity contribution in [2.75, 3.05) is 5.88 Å². The quantitative estimate of drug-likeness (QED) is 0.821. The molecule has 5 heteroatoms. The number of nitrogens with zero attached hydrogens (tertiary/aromatic N) is 2. The molecule has 0 saturated heterocycles. The second kappa shape index (κ2) is 6.95. The van der Waals surface area contributed by atoms with E-state index in [0.717, 1.165) is 18.7 Å². The maximum absolute atomic E-state index is 11.1. The molecule has 0 aliphatic rings. The molecule has 100 valence electrons. The highest BCUT2D eigenvalue weighted by Crippen LogP contribution is 2.04. The first-order valence-electron chi connectivity index (χ1n) is 6.17. The summed E-state index contributed by atoms with van der Waals surface area (Å²) >= 11 is 5.44. The van der Waals surface area contributed by atoms with Crippen LogP contribution in [0.1, 0.15) is 11.3 Å². The first kappa shape index (κ1) is 13.6. The van der Waals surface area contributed by atoms with Gasteiger partial charge in [-0.2, -0.15) is 5.10 Å². The van der Waals surface area contributed by atoms with E-state index in [2.05, 4.69) is 22.5 Å². The Labute approximate surface area is 117 Å². The van der Waals surface area contributed by atoms with Crippen molar-refractivity contribution in [3.8, 4) is 0 Å². The van der Waals surface area contributed by atoms with Gasteiger partial charge in [0, 0.05) is 12.7 Å². The van der Waals surface area contributed by atoms with Gasteiger partial charge in [-0.15, -0.1) is 11.6 Å². The van der Waals surface area contributed by atoms with Crippen molar-refractivity contribution >= 4 is 17.5 Å². The molecule has 2 aromatic rings. The number of aromatic nitrogens is 2. The van der Waals surface area contributed by atoms with E-state index in [9.17, 15) is 4.79 Å². The van der Waals surface area contributed by atoms with Crippen molar-refractivity contribution in [3.05, 3.63) is 53.9 Å². The molecule has 19 heavy (non-hydrogen) atoms. The Morgan fingerprint density at radius 3 is 2.79 bits per heavy atom. The molecule has 0 bridgehead atoms. The monoisotopic (exact) mass is 277 g/mol. The third kappa shape index (κ3) is 4.10. The molecule has 0 unspecified atom stereocenters. The van der Waals surface area contributed by atoms with Crippen LogP contribution in [0.3, 0.4) is 0 Å². The molecule has 1 aromatic carbocycles. The zero-order valence-corrected chi connectivity index (χ0v) is 11.3. The van der Waals surface area contributed by atoms with E-state index >= 15 is 0 Å². The number of amides is 1. The fourth-order valence-electron chi connectivity index (χ4n) is 1.83. The average Bonchev–Trinajstić information content (AvgIpc) is 2.91. The van der Waals surface area contributed by atoms with Crippen molar-refractivity contribution in [1.82, 2.24) is 15.1 Å². The summed E-state index contributed by atoms with van der Waals surface area (Å²) in [5.41, 5.74) is 2.25. The molecule has 1 amide bonds. The minimum absolute atomic E-state index is 0.0157. The van der Waals surface area contributed by atoms with Gasteiger partial charge in [0.2, 0.25) is 5.91 Å². The molecule has 1 aromatic heterocycles. The first-order valence-corrected chi connectivity index (χ1v) is 6.70. The maximum Gasteiger partial charge on any atom is 0.235 e. The smallest absolute Gasteiger partial charge is 0.235 e. The fraction of sp³-hybridized carbons (Fsp3) is 0.286. The SMILES string of the molecule is O=C(CCl)NCc1ccnn1CCc1ccccc1. The molecule has 0 atom stereocenters. The van der Waals surface area contributed by atoms with Gasteiger partial charge in [-0.05, 0) is 18.1 Å². The van der Waals surface area contributed by atoms with Crippen LogP contribution in [0, 0.1) is 0 Å². The Bertz CT molecular complexity index is 524. The van der Waals surface area contributed by atoms with Crippen LogP contribution in [0.5, 0.6) is 0 Å². The molecule has 0 radical (unpaired) electrons. The molecule has 0 fully saturated rings. The van der Waals surface area contributed by atoms with E-state index in [1.165, 1.54) is 5.56 Å². The van der Waals surface area contributed by atoms with Gasteiger partial charge >= 0.3 is 0 Å². The van der Waals surface area contributed by atoms with Crippen molar-refractivity contribution in [1.29, 1.82) is 0 Å². The van der Waals surface area contributed by atoms with Crippen LogP contribution in [0.4, 0.5) is 0 Å². The summed E-state index contributed by atoms with van der Waals surface area (Å²) in [7, 11) is 0. The van der Waals surface area contributed by atoms with Gasteiger partial charge < -0.3 is 5.32 Å². The lowest BCUT2D eigenvalue weighted by atomic mass is 10.1. The van der Waals surface area contributed by atoms with Gasteiger partial charge in [0.15, 0.2) is 0 Å². The zero-order valence-electron chi connectivity index (χ0n) is 10.6. The van der Waals surface area contributed by atoms with E-state index in [4.69, 9.17) is 11.6 Å². The van der Waals surface area contributed by atoms with E-state index in [1.807, 2.05) is 28.9 Å². The number of hydrogen-bond donors (Lipinski definition) is 1. The van der Waals surface area contributed by atoms with Gasteiger partial charge in [-0.1, -0.05) is 30.3 Å². The van der Waals surface area contributed by atoms with Crippen molar-refractivity contribution < 1.29 is 4.79 Å². The lowest BCUT2D eigenvalue weighted by Gasteiger charge is -2.08. The minimum Gasteiger partial charge on any atom is -0.349 e. The van der Waals surface area contributed by atoms with Crippen LogP contribution in [-0.4, -0.2) is 21.6 Å². The average molecular weight is 278 g/mol.